The first-order valence-corrected chi connectivity index (χ1v) is 7.96. The lowest BCUT2D eigenvalue weighted by Gasteiger charge is -2.14. The highest BCUT2D eigenvalue weighted by Crippen LogP contribution is 2.24. The fourth-order valence-corrected chi connectivity index (χ4v) is 2.79. The number of anilines is 2. The summed E-state index contributed by atoms with van der Waals surface area (Å²) in [7, 11) is 3.41. The van der Waals surface area contributed by atoms with Crippen molar-refractivity contribution in [2.45, 2.75) is 13.3 Å². The van der Waals surface area contributed by atoms with Gasteiger partial charge in [-0.05, 0) is 54.8 Å². The molecule has 0 aliphatic carbocycles. The van der Waals surface area contributed by atoms with E-state index in [4.69, 9.17) is 0 Å². The second-order valence-electron chi connectivity index (χ2n) is 6.23. The van der Waals surface area contributed by atoms with E-state index in [2.05, 4.69) is 10.6 Å². The van der Waals surface area contributed by atoms with E-state index >= 15 is 0 Å². The van der Waals surface area contributed by atoms with Crippen molar-refractivity contribution < 1.29 is 9.59 Å². The predicted octanol–water partition coefficient (Wildman–Crippen LogP) is 2.92. The lowest BCUT2D eigenvalue weighted by Crippen LogP contribution is -2.22. The Bertz CT molecular complexity index is 812. The topological polar surface area (TPSA) is 61.4 Å². The zero-order valence-corrected chi connectivity index (χ0v) is 14.1. The number of carbonyl (C=O) groups excluding carboxylic acids is 2. The van der Waals surface area contributed by atoms with Crippen LogP contribution >= 0.6 is 0 Å². The Balaban J connectivity index is 1.84. The number of fused-ring (bicyclic) bond motifs is 1. The number of amides is 2. The average molecular weight is 323 g/mol. The molecule has 5 nitrogen and oxygen atoms in total. The highest BCUT2D eigenvalue weighted by Gasteiger charge is 2.15. The van der Waals surface area contributed by atoms with Crippen molar-refractivity contribution in [3.63, 3.8) is 0 Å². The molecule has 24 heavy (non-hydrogen) atoms. The van der Waals surface area contributed by atoms with E-state index in [1.807, 2.05) is 31.2 Å². The average Bonchev–Trinajstić information content (AvgIpc) is 3.03. The number of nitrogens with one attached hydrogen (secondary N) is 2. The standard InChI is InChI=1S/C19H21N3O2/c1-12-4-5-15(19(24)22(2)3)11-17(12)21-18(23)14-6-7-16-13(10-14)8-9-20-16/h4-7,10-11,20H,8-9H2,1-3H3,(H,21,23). The largest absolute Gasteiger partial charge is 0.384 e. The monoisotopic (exact) mass is 323 g/mol. The van der Waals surface area contributed by atoms with Crippen LogP contribution in [0.25, 0.3) is 0 Å². The number of hydrogen-bond acceptors (Lipinski definition) is 3. The van der Waals surface area contributed by atoms with Crippen LogP contribution in [-0.4, -0.2) is 37.4 Å². The summed E-state index contributed by atoms with van der Waals surface area (Å²) in [5.74, 6) is -0.253. The Hall–Kier alpha value is -2.82. The van der Waals surface area contributed by atoms with Crippen molar-refractivity contribution in [2.24, 2.45) is 0 Å². The van der Waals surface area contributed by atoms with Crippen LogP contribution in [0.1, 0.15) is 31.8 Å². The van der Waals surface area contributed by atoms with Gasteiger partial charge in [-0.25, -0.2) is 0 Å². The summed E-state index contributed by atoms with van der Waals surface area (Å²) in [4.78, 5) is 26.2. The van der Waals surface area contributed by atoms with Gasteiger partial charge < -0.3 is 15.5 Å². The summed E-state index contributed by atoms with van der Waals surface area (Å²) < 4.78 is 0. The Labute approximate surface area is 141 Å². The molecule has 1 aliphatic rings. The quantitative estimate of drug-likeness (QED) is 0.913. The number of carbonyl (C=O) groups is 2. The van der Waals surface area contributed by atoms with Crippen LogP contribution in [-0.2, 0) is 6.42 Å². The zero-order valence-electron chi connectivity index (χ0n) is 14.1. The van der Waals surface area contributed by atoms with E-state index in [0.29, 0.717) is 16.8 Å². The van der Waals surface area contributed by atoms with Crippen molar-refractivity contribution in [2.75, 3.05) is 31.3 Å². The second kappa shape index (κ2) is 6.35. The van der Waals surface area contributed by atoms with Gasteiger partial charge in [-0.1, -0.05) is 6.07 Å². The fraction of sp³-hybridized carbons (Fsp3) is 0.263. The Morgan fingerprint density at radius 1 is 1.08 bits per heavy atom. The molecule has 0 unspecified atom stereocenters. The van der Waals surface area contributed by atoms with E-state index in [-0.39, 0.29) is 11.8 Å². The highest BCUT2D eigenvalue weighted by molar-refractivity contribution is 6.06. The molecule has 0 saturated heterocycles. The van der Waals surface area contributed by atoms with Gasteiger partial charge in [0.15, 0.2) is 0 Å². The maximum Gasteiger partial charge on any atom is 0.255 e. The molecule has 0 fully saturated rings. The number of benzene rings is 2. The van der Waals surface area contributed by atoms with Crippen LogP contribution in [0.15, 0.2) is 36.4 Å². The molecule has 0 aromatic heterocycles. The molecule has 1 heterocycles. The maximum absolute atomic E-state index is 12.6. The van der Waals surface area contributed by atoms with E-state index in [0.717, 1.165) is 29.8 Å². The third kappa shape index (κ3) is 3.11. The van der Waals surface area contributed by atoms with Crippen LogP contribution in [0.5, 0.6) is 0 Å². The minimum Gasteiger partial charge on any atom is -0.384 e. The van der Waals surface area contributed by atoms with Gasteiger partial charge in [-0.2, -0.15) is 0 Å². The molecule has 0 radical (unpaired) electrons. The first kappa shape index (κ1) is 16.1. The van der Waals surface area contributed by atoms with Crippen LogP contribution in [0.4, 0.5) is 11.4 Å². The van der Waals surface area contributed by atoms with Crippen LogP contribution in [0, 0.1) is 6.92 Å². The molecule has 124 valence electrons. The smallest absolute Gasteiger partial charge is 0.255 e. The minimum absolute atomic E-state index is 0.0888. The molecule has 2 N–H and O–H groups in total. The molecule has 3 rings (SSSR count). The van der Waals surface area contributed by atoms with Gasteiger partial charge in [0.2, 0.25) is 0 Å². The minimum atomic E-state index is -0.165. The van der Waals surface area contributed by atoms with Gasteiger partial charge in [0.25, 0.3) is 11.8 Å². The van der Waals surface area contributed by atoms with Gasteiger partial charge in [-0.15, -0.1) is 0 Å². The van der Waals surface area contributed by atoms with Crippen molar-refractivity contribution >= 4 is 23.2 Å². The molecule has 0 bridgehead atoms. The molecule has 2 aromatic rings. The molecule has 0 spiro atoms. The lowest BCUT2D eigenvalue weighted by molar-refractivity contribution is 0.0827. The molecule has 1 aliphatic heterocycles. The first-order chi connectivity index (χ1) is 11.5. The van der Waals surface area contributed by atoms with E-state index in [1.54, 1.807) is 26.2 Å². The predicted molar refractivity (Wildman–Crippen MR) is 95.8 cm³/mol. The van der Waals surface area contributed by atoms with Crippen molar-refractivity contribution in [3.05, 3.63) is 58.7 Å². The summed E-state index contributed by atoms with van der Waals surface area (Å²) in [5, 5.41) is 6.20. The molecular formula is C19H21N3O2. The SMILES string of the molecule is Cc1ccc(C(=O)N(C)C)cc1NC(=O)c1ccc2c(c1)CCN2. The number of rotatable bonds is 3. The van der Waals surface area contributed by atoms with Crippen molar-refractivity contribution in [1.82, 2.24) is 4.90 Å². The van der Waals surface area contributed by atoms with E-state index in [1.165, 1.54) is 4.90 Å². The molecule has 2 amide bonds. The summed E-state index contributed by atoms with van der Waals surface area (Å²) >= 11 is 0. The molecule has 0 saturated carbocycles. The van der Waals surface area contributed by atoms with Crippen LogP contribution < -0.4 is 10.6 Å². The summed E-state index contributed by atoms with van der Waals surface area (Å²) in [6, 6.07) is 11.0. The Kier molecular flexibility index (Phi) is 4.25. The van der Waals surface area contributed by atoms with E-state index in [9.17, 15) is 9.59 Å². The lowest BCUT2D eigenvalue weighted by atomic mass is 10.1. The van der Waals surface area contributed by atoms with Crippen molar-refractivity contribution in [3.8, 4) is 0 Å². The van der Waals surface area contributed by atoms with Gasteiger partial charge in [-0.3, -0.25) is 9.59 Å². The molecule has 2 aromatic carbocycles. The van der Waals surface area contributed by atoms with Crippen LogP contribution in [0.3, 0.4) is 0 Å². The normalized spacial score (nSPS) is 12.3. The third-order valence-corrected chi connectivity index (χ3v) is 4.22. The number of aryl methyl sites for hydroxylation is 1. The Morgan fingerprint density at radius 2 is 1.83 bits per heavy atom. The number of hydrogen-bond donors (Lipinski definition) is 2. The second-order valence-corrected chi connectivity index (χ2v) is 6.23. The molecular weight excluding hydrogens is 302 g/mol. The van der Waals surface area contributed by atoms with Crippen LogP contribution in [0.2, 0.25) is 0 Å². The van der Waals surface area contributed by atoms with Gasteiger partial charge in [0.05, 0.1) is 0 Å². The van der Waals surface area contributed by atoms with Crippen molar-refractivity contribution in [1.29, 1.82) is 0 Å². The summed E-state index contributed by atoms with van der Waals surface area (Å²) in [6.07, 6.45) is 0.933. The number of nitrogens with zero attached hydrogens (tertiary/aromatic N) is 1. The third-order valence-electron chi connectivity index (χ3n) is 4.22. The van der Waals surface area contributed by atoms with Gasteiger partial charge in [0.1, 0.15) is 0 Å². The summed E-state index contributed by atoms with van der Waals surface area (Å²) in [6.45, 7) is 2.82. The Morgan fingerprint density at radius 3 is 2.58 bits per heavy atom. The maximum atomic E-state index is 12.6. The van der Waals surface area contributed by atoms with Gasteiger partial charge >= 0.3 is 0 Å². The van der Waals surface area contributed by atoms with E-state index < -0.39 is 0 Å². The molecule has 5 heteroatoms. The fourth-order valence-electron chi connectivity index (χ4n) is 2.79. The first-order valence-electron chi connectivity index (χ1n) is 7.96. The summed E-state index contributed by atoms with van der Waals surface area (Å²) in [5.41, 5.74) is 5.02. The highest BCUT2D eigenvalue weighted by atomic mass is 16.2. The van der Waals surface area contributed by atoms with Gasteiger partial charge in [0, 0.05) is 43.1 Å². The molecule has 0 atom stereocenters. The zero-order chi connectivity index (χ0) is 17.3.